The first-order chi connectivity index (χ1) is 18.1. The Balaban J connectivity index is 1.43. The van der Waals surface area contributed by atoms with Crippen molar-refractivity contribution in [1.82, 2.24) is 14.1 Å². The monoisotopic (exact) mass is 568 g/mol. The normalized spacial score (nSPS) is 17.2. The van der Waals surface area contributed by atoms with Crippen molar-refractivity contribution in [2.24, 2.45) is 0 Å². The summed E-state index contributed by atoms with van der Waals surface area (Å²) in [6, 6.07) is 7.34. The van der Waals surface area contributed by atoms with Crippen molar-refractivity contribution in [2.45, 2.75) is 36.7 Å². The first-order valence-corrected chi connectivity index (χ1v) is 13.9. The van der Waals surface area contributed by atoms with E-state index < -0.39 is 37.9 Å². The van der Waals surface area contributed by atoms with Crippen molar-refractivity contribution >= 4 is 27.3 Å². The van der Waals surface area contributed by atoms with Crippen molar-refractivity contribution in [3.63, 3.8) is 0 Å². The van der Waals surface area contributed by atoms with E-state index >= 15 is 0 Å². The standard InChI is InChI=1S/C25H24ClF3N4O4S/c26-16-4-3-5-18(12-16)33-25(34)23(37-19-6-1-2-7-19)22(15-30-33)31-8-10-32(11-9-31)38(35,36)24-20(28)13-17(27)14-21(24)29/h3-5,12-15,19H,1-2,6-11H2. The van der Waals surface area contributed by atoms with Gasteiger partial charge in [-0.25, -0.2) is 21.6 Å². The van der Waals surface area contributed by atoms with Crippen LogP contribution < -0.4 is 15.2 Å². The molecule has 1 aliphatic carbocycles. The minimum Gasteiger partial charge on any atom is -0.483 e. The van der Waals surface area contributed by atoms with Gasteiger partial charge in [0.1, 0.15) is 23.1 Å². The highest BCUT2D eigenvalue weighted by atomic mass is 35.5. The molecule has 0 amide bonds. The van der Waals surface area contributed by atoms with Crippen LogP contribution in [0.3, 0.4) is 0 Å². The number of hydrogen-bond acceptors (Lipinski definition) is 6. The van der Waals surface area contributed by atoms with Gasteiger partial charge in [-0.15, -0.1) is 0 Å². The van der Waals surface area contributed by atoms with Gasteiger partial charge in [-0.05, 0) is 43.9 Å². The van der Waals surface area contributed by atoms with Crippen molar-refractivity contribution < 1.29 is 26.3 Å². The second-order valence-corrected chi connectivity index (χ2v) is 11.5. The lowest BCUT2D eigenvalue weighted by Gasteiger charge is -2.36. The molecule has 2 fully saturated rings. The molecule has 2 heterocycles. The summed E-state index contributed by atoms with van der Waals surface area (Å²) >= 11 is 6.10. The number of benzene rings is 2. The first-order valence-electron chi connectivity index (χ1n) is 12.1. The number of rotatable bonds is 6. The molecule has 5 rings (SSSR count). The Labute approximate surface area is 222 Å². The lowest BCUT2D eigenvalue weighted by atomic mass is 10.2. The first kappa shape index (κ1) is 26.5. The molecule has 0 unspecified atom stereocenters. The van der Waals surface area contributed by atoms with Crippen LogP contribution in [0.1, 0.15) is 25.7 Å². The van der Waals surface area contributed by atoms with Crippen molar-refractivity contribution in [3.05, 3.63) is 75.4 Å². The zero-order valence-electron chi connectivity index (χ0n) is 20.1. The van der Waals surface area contributed by atoms with E-state index in [-0.39, 0.29) is 38.0 Å². The molecule has 2 aromatic carbocycles. The molecular weight excluding hydrogens is 545 g/mol. The highest BCUT2D eigenvalue weighted by Crippen LogP contribution is 2.31. The van der Waals surface area contributed by atoms with Crippen LogP contribution in [0.5, 0.6) is 5.75 Å². The fourth-order valence-electron chi connectivity index (χ4n) is 4.80. The zero-order valence-corrected chi connectivity index (χ0v) is 21.7. The van der Waals surface area contributed by atoms with Gasteiger partial charge in [0, 0.05) is 43.3 Å². The summed E-state index contributed by atoms with van der Waals surface area (Å²) < 4.78 is 76.0. The molecule has 202 valence electrons. The van der Waals surface area contributed by atoms with Gasteiger partial charge < -0.3 is 9.64 Å². The second-order valence-electron chi connectivity index (χ2n) is 9.17. The molecule has 0 radical (unpaired) electrons. The molecular formula is C25H24ClF3N4O4S. The number of nitrogens with zero attached hydrogens (tertiary/aromatic N) is 4. The van der Waals surface area contributed by atoms with Crippen LogP contribution >= 0.6 is 11.6 Å². The Hall–Kier alpha value is -3.09. The van der Waals surface area contributed by atoms with Gasteiger partial charge in [0.15, 0.2) is 4.90 Å². The van der Waals surface area contributed by atoms with E-state index in [0.717, 1.165) is 30.0 Å². The van der Waals surface area contributed by atoms with Crippen LogP contribution in [0.25, 0.3) is 5.69 Å². The number of anilines is 1. The summed E-state index contributed by atoms with van der Waals surface area (Å²) in [5.41, 5.74) is 0.378. The molecule has 1 saturated carbocycles. The molecule has 0 bridgehead atoms. The van der Waals surface area contributed by atoms with E-state index in [1.54, 1.807) is 29.2 Å². The van der Waals surface area contributed by atoms with E-state index in [1.807, 2.05) is 0 Å². The predicted molar refractivity (Wildman–Crippen MR) is 135 cm³/mol. The van der Waals surface area contributed by atoms with Crippen LogP contribution in [0.2, 0.25) is 5.02 Å². The van der Waals surface area contributed by atoms with Crippen molar-refractivity contribution in [2.75, 3.05) is 31.1 Å². The fourth-order valence-corrected chi connectivity index (χ4v) is 6.50. The van der Waals surface area contributed by atoms with Gasteiger partial charge in [0.05, 0.1) is 18.0 Å². The average Bonchev–Trinajstić information content (AvgIpc) is 3.38. The molecule has 2 aliphatic rings. The predicted octanol–water partition coefficient (Wildman–Crippen LogP) is 4.14. The van der Waals surface area contributed by atoms with Crippen LogP contribution in [0.4, 0.5) is 18.9 Å². The quantitative estimate of drug-likeness (QED) is 0.444. The highest BCUT2D eigenvalue weighted by Gasteiger charge is 2.35. The van der Waals surface area contributed by atoms with E-state index in [0.29, 0.717) is 28.5 Å². The van der Waals surface area contributed by atoms with E-state index in [1.165, 1.54) is 10.9 Å². The molecule has 3 aromatic rings. The summed E-state index contributed by atoms with van der Waals surface area (Å²) in [4.78, 5) is 14.1. The third kappa shape index (κ3) is 5.12. The third-order valence-corrected chi connectivity index (χ3v) is 8.88. The Morgan fingerprint density at radius 2 is 1.63 bits per heavy atom. The lowest BCUT2D eigenvalue weighted by Crippen LogP contribution is -2.49. The topological polar surface area (TPSA) is 84.7 Å². The maximum absolute atomic E-state index is 14.2. The van der Waals surface area contributed by atoms with Crippen LogP contribution in [-0.4, -0.2) is 54.8 Å². The van der Waals surface area contributed by atoms with Gasteiger partial charge >= 0.3 is 5.56 Å². The van der Waals surface area contributed by atoms with Gasteiger partial charge in [-0.3, -0.25) is 4.79 Å². The summed E-state index contributed by atoms with van der Waals surface area (Å²) in [6.07, 6.45) is 4.93. The maximum atomic E-state index is 14.2. The molecule has 8 nitrogen and oxygen atoms in total. The number of piperazine rings is 1. The van der Waals surface area contributed by atoms with Crippen LogP contribution in [0, 0.1) is 17.5 Å². The maximum Gasteiger partial charge on any atom is 0.316 e. The summed E-state index contributed by atoms with van der Waals surface area (Å²) in [5, 5.41) is 4.74. The summed E-state index contributed by atoms with van der Waals surface area (Å²) in [5.74, 6) is -4.10. The largest absolute Gasteiger partial charge is 0.483 e. The van der Waals surface area contributed by atoms with Gasteiger partial charge in [-0.1, -0.05) is 17.7 Å². The third-order valence-electron chi connectivity index (χ3n) is 6.69. The fraction of sp³-hybridized carbons (Fsp3) is 0.360. The van der Waals surface area contributed by atoms with Crippen LogP contribution in [0.15, 0.2) is 52.3 Å². The van der Waals surface area contributed by atoms with E-state index in [9.17, 15) is 26.4 Å². The number of aromatic nitrogens is 2. The van der Waals surface area contributed by atoms with Gasteiger partial charge in [0.2, 0.25) is 15.8 Å². The smallest absolute Gasteiger partial charge is 0.316 e. The van der Waals surface area contributed by atoms with Crippen molar-refractivity contribution in [1.29, 1.82) is 0 Å². The Bertz CT molecular complexity index is 1500. The molecule has 0 N–H and O–H groups in total. The summed E-state index contributed by atoms with van der Waals surface area (Å²) in [6.45, 7) is -0.0440. The molecule has 0 atom stereocenters. The van der Waals surface area contributed by atoms with Gasteiger partial charge in [0.25, 0.3) is 0 Å². The van der Waals surface area contributed by atoms with Crippen molar-refractivity contribution in [3.8, 4) is 11.4 Å². The number of sulfonamides is 1. The molecule has 1 aromatic heterocycles. The summed E-state index contributed by atoms with van der Waals surface area (Å²) in [7, 11) is -4.56. The second kappa shape index (κ2) is 10.6. The minimum absolute atomic E-state index is 0.0961. The molecule has 0 spiro atoms. The number of halogens is 4. The van der Waals surface area contributed by atoms with E-state index in [2.05, 4.69) is 5.10 Å². The molecule has 1 aliphatic heterocycles. The van der Waals surface area contributed by atoms with E-state index in [4.69, 9.17) is 16.3 Å². The Kier molecular flexibility index (Phi) is 7.38. The average molecular weight is 569 g/mol. The lowest BCUT2D eigenvalue weighted by molar-refractivity contribution is 0.205. The zero-order chi connectivity index (χ0) is 27.0. The molecule has 13 heteroatoms. The minimum atomic E-state index is -4.56. The molecule has 1 saturated heterocycles. The highest BCUT2D eigenvalue weighted by molar-refractivity contribution is 7.89. The van der Waals surface area contributed by atoms with Gasteiger partial charge in [-0.2, -0.15) is 14.1 Å². The molecule has 38 heavy (non-hydrogen) atoms. The number of ether oxygens (including phenoxy) is 1. The Morgan fingerprint density at radius 1 is 0.974 bits per heavy atom. The Morgan fingerprint density at radius 3 is 2.26 bits per heavy atom. The number of hydrogen-bond donors (Lipinski definition) is 0. The van der Waals surface area contributed by atoms with Crippen LogP contribution in [-0.2, 0) is 10.0 Å². The SMILES string of the molecule is O=c1c(OC2CCCC2)c(N2CCN(S(=O)(=O)c3c(F)cc(F)cc3F)CC2)cnn1-c1cccc(Cl)c1.